The van der Waals surface area contributed by atoms with Crippen molar-refractivity contribution in [3.05, 3.63) is 71.8 Å². The Morgan fingerprint density at radius 3 is 2.05 bits per heavy atom. The van der Waals surface area contributed by atoms with Crippen molar-refractivity contribution in [3.8, 4) is 0 Å². The van der Waals surface area contributed by atoms with Gasteiger partial charge in [0.2, 0.25) is 0 Å². The first-order valence-corrected chi connectivity index (χ1v) is 6.49. The van der Waals surface area contributed by atoms with Gasteiger partial charge in [-0.1, -0.05) is 55.5 Å². The SMILES string of the molecule is CC[C@@](C)(OC(=O)c1ccccc1)c1ccccc1. The standard InChI is InChI=1S/C17H18O2/c1-3-17(2,15-12-8-5-9-13-15)19-16(18)14-10-6-4-7-11-14/h4-13H,3H2,1-2H3/t17-/m1/s1. The second-order valence-corrected chi connectivity index (χ2v) is 4.71. The first-order valence-electron chi connectivity index (χ1n) is 6.49. The van der Waals surface area contributed by atoms with Crippen molar-refractivity contribution in [2.24, 2.45) is 0 Å². The molecule has 0 amide bonds. The lowest BCUT2D eigenvalue weighted by molar-refractivity contribution is -0.0141. The maximum Gasteiger partial charge on any atom is 0.339 e. The van der Waals surface area contributed by atoms with E-state index in [-0.39, 0.29) is 5.97 Å². The smallest absolute Gasteiger partial charge is 0.339 e. The average molecular weight is 254 g/mol. The van der Waals surface area contributed by atoms with Crippen LogP contribution in [0.2, 0.25) is 0 Å². The van der Waals surface area contributed by atoms with Gasteiger partial charge in [0.15, 0.2) is 0 Å². The van der Waals surface area contributed by atoms with Gasteiger partial charge in [-0.3, -0.25) is 0 Å². The van der Waals surface area contributed by atoms with Crippen molar-refractivity contribution >= 4 is 5.97 Å². The molecule has 0 bridgehead atoms. The summed E-state index contributed by atoms with van der Waals surface area (Å²) in [5, 5.41) is 0. The highest BCUT2D eigenvalue weighted by Gasteiger charge is 2.29. The minimum absolute atomic E-state index is 0.284. The Hall–Kier alpha value is -2.09. The fourth-order valence-corrected chi connectivity index (χ4v) is 1.96. The molecule has 2 nitrogen and oxygen atoms in total. The molecule has 0 aliphatic carbocycles. The zero-order valence-corrected chi connectivity index (χ0v) is 11.3. The molecule has 1 atom stereocenters. The Balaban J connectivity index is 2.22. The maximum atomic E-state index is 12.2. The Bertz CT molecular complexity index is 534. The molecule has 2 aromatic carbocycles. The zero-order valence-electron chi connectivity index (χ0n) is 11.3. The molecule has 0 aliphatic heterocycles. The van der Waals surface area contributed by atoms with Crippen LogP contribution in [0.1, 0.15) is 36.2 Å². The Kier molecular flexibility index (Phi) is 4.00. The van der Waals surface area contributed by atoms with E-state index in [9.17, 15) is 4.79 Å². The lowest BCUT2D eigenvalue weighted by Gasteiger charge is -2.29. The zero-order chi connectivity index (χ0) is 13.7. The third kappa shape index (κ3) is 3.02. The van der Waals surface area contributed by atoms with Crippen molar-refractivity contribution in [1.29, 1.82) is 0 Å². The molecule has 0 saturated heterocycles. The number of rotatable bonds is 4. The molecule has 2 aromatic rings. The van der Waals surface area contributed by atoms with Crippen LogP contribution in [0.15, 0.2) is 60.7 Å². The summed E-state index contributed by atoms with van der Waals surface area (Å²) in [6.07, 6.45) is 0.732. The number of hydrogen-bond donors (Lipinski definition) is 0. The number of carbonyl (C=O) groups excluding carboxylic acids is 1. The molecule has 0 saturated carbocycles. The lowest BCUT2D eigenvalue weighted by Crippen LogP contribution is -2.28. The van der Waals surface area contributed by atoms with Crippen LogP contribution in [0.3, 0.4) is 0 Å². The van der Waals surface area contributed by atoms with Gasteiger partial charge < -0.3 is 4.74 Å². The molecule has 0 heterocycles. The average Bonchev–Trinajstić information content (AvgIpc) is 2.49. The molecule has 0 fully saturated rings. The van der Waals surface area contributed by atoms with Crippen molar-refractivity contribution in [2.45, 2.75) is 25.9 Å². The fourth-order valence-electron chi connectivity index (χ4n) is 1.96. The first kappa shape index (κ1) is 13.3. The molecule has 98 valence electrons. The van der Waals surface area contributed by atoms with Crippen LogP contribution in [-0.4, -0.2) is 5.97 Å². The summed E-state index contributed by atoms with van der Waals surface area (Å²) < 4.78 is 5.72. The molecular weight excluding hydrogens is 236 g/mol. The van der Waals surface area contributed by atoms with Gasteiger partial charge in [0.25, 0.3) is 0 Å². The Morgan fingerprint density at radius 1 is 1.00 bits per heavy atom. The van der Waals surface area contributed by atoms with Crippen LogP contribution in [0.4, 0.5) is 0 Å². The summed E-state index contributed by atoms with van der Waals surface area (Å²) in [5.41, 5.74) is 1.01. The largest absolute Gasteiger partial charge is 0.451 e. The lowest BCUT2D eigenvalue weighted by atomic mass is 9.93. The third-order valence-corrected chi connectivity index (χ3v) is 3.39. The molecule has 0 radical (unpaired) electrons. The topological polar surface area (TPSA) is 26.3 Å². The number of hydrogen-bond acceptors (Lipinski definition) is 2. The van der Waals surface area contributed by atoms with Gasteiger partial charge in [0.05, 0.1) is 5.56 Å². The predicted octanol–water partition coefficient (Wildman–Crippen LogP) is 4.17. The van der Waals surface area contributed by atoms with Crippen LogP contribution in [0.5, 0.6) is 0 Å². The molecule has 19 heavy (non-hydrogen) atoms. The van der Waals surface area contributed by atoms with Crippen molar-refractivity contribution < 1.29 is 9.53 Å². The second-order valence-electron chi connectivity index (χ2n) is 4.71. The van der Waals surface area contributed by atoms with Crippen molar-refractivity contribution in [1.82, 2.24) is 0 Å². The predicted molar refractivity (Wildman–Crippen MR) is 75.9 cm³/mol. The highest BCUT2D eigenvalue weighted by molar-refractivity contribution is 5.89. The summed E-state index contributed by atoms with van der Waals surface area (Å²) >= 11 is 0. The second kappa shape index (κ2) is 5.70. The van der Waals surface area contributed by atoms with E-state index in [1.165, 1.54) is 0 Å². The minimum Gasteiger partial charge on any atom is -0.451 e. The van der Waals surface area contributed by atoms with E-state index >= 15 is 0 Å². The summed E-state index contributed by atoms with van der Waals surface area (Å²) in [6.45, 7) is 3.97. The maximum absolute atomic E-state index is 12.2. The Morgan fingerprint density at radius 2 is 1.53 bits per heavy atom. The molecule has 2 heteroatoms. The van der Waals surface area contributed by atoms with Crippen LogP contribution in [-0.2, 0) is 10.3 Å². The van der Waals surface area contributed by atoms with Crippen molar-refractivity contribution in [3.63, 3.8) is 0 Å². The van der Waals surface area contributed by atoms with Crippen LogP contribution >= 0.6 is 0 Å². The van der Waals surface area contributed by atoms with Gasteiger partial charge in [-0.15, -0.1) is 0 Å². The molecule has 0 unspecified atom stereocenters. The van der Waals surface area contributed by atoms with Crippen LogP contribution < -0.4 is 0 Å². The van der Waals surface area contributed by atoms with Crippen molar-refractivity contribution in [2.75, 3.05) is 0 Å². The summed E-state index contributed by atoms with van der Waals surface area (Å²) in [7, 11) is 0. The van der Waals surface area contributed by atoms with Gasteiger partial charge in [-0.25, -0.2) is 4.79 Å². The number of esters is 1. The monoisotopic (exact) mass is 254 g/mol. The quantitative estimate of drug-likeness (QED) is 0.765. The van der Waals surface area contributed by atoms with E-state index < -0.39 is 5.60 Å². The van der Waals surface area contributed by atoms with Gasteiger partial charge in [0, 0.05) is 0 Å². The van der Waals surface area contributed by atoms with E-state index in [0.717, 1.165) is 12.0 Å². The molecule has 2 rings (SSSR count). The number of carbonyl (C=O) groups is 1. The van der Waals surface area contributed by atoms with E-state index in [4.69, 9.17) is 4.74 Å². The van der Waals surface area contributed by atoms with E-state index in [2.05, 4.69) is 0 Å². The normalized spacial score (nSPS) is 13.6. The number of ether oxygens (including phenoxy) is 1. The first-order chi connectivity index (χ1) is 9.15. The number of benzene rings is 2. The van der Waals surface area contributed by atoms with Gasteiger partial charge >= 0.3 is 5.97 Å². The Labute approximate surface area is 114 Å². The van der Waals surface area contributed by atoms with E-state index in [1.807, 2.05) is 62.4 Å². The van der Waals surface area contributed by atoms with Gasteiger partial charge in [-0.05, 0) is 31.0 Å². The van der Waals surface area contributed by atoms with Crippen LogP contribution in [0, 0.1) is 0 Å². The van der Waals surface area contributed by atoms with Gasteiger partial charge in [-0.2, -0.15) is 0 Å². The molecule has 0 aromatic heterocycles. The van der Waals surface area contributed by atoms with E-state index in [1.54, 1.807) is 12.1 Å². The van der Waals surface area contributed by atoms with Crippen LogP contribution in [0.25, 0.3) is 0 Å². The molecular formula is C17H18O2. The fraction of sp³-hybridized carbons (Fsp3) is 0.235. The summed E-state index contributed by atoms with van der Waals surface area (Å²) in [6, 6.07) is 18.9. The minimum atomic E-state index is -0.589. The van der Waals surface area contributed by atoms with Gasteiger partial charge in [0.1, 0.15) is 5.60 Å². The molecule has 0 aliphatic rings. The highest BCUT2D eigenvalue weighted by atomic mass is 16.6. The highest BCUT2D eigenvalue weighted by Crippen LogP contribution is 2.29. The summed E-state index contributed by atoms with van der Waals surface area (Å²) in [5.74, 6) is -0.284. The summed E-state index contributed by atoms with van der Waals surface area (Å²) in [4.78, 5) is 12.2. The van der Waals surface area contributed by atoms with E-state index in [0.29, 0.717) is 5.56 Å². The molecule has 0 N–H and O–H groups in total. The third-order valence-electron chi connectivity index (χ3n) is 3.39. The molecule has 0 spiro atoms.